The molecule has 2 heterocycles. The number of amides is 2. The van der Waals surface area contributed by atoms with Gasteiger partial charge in [-0.2, -0.15) is 0 Å². The van der Waals surface area contributed by atoms with Crippen molar-refractivity contribution in [1.82, 2.24) is 19.6 Å². The summed E-state index contributed by atoms with van der Waals surface area (Å²) in [4.78, 5) is 21.1. The van der Waals surface area contributed by atoms with Gasteiger partial charge in [-0.3, -0.25) is 4.90 Å². The Balaban J connectivity index is 0.000000730. The van der Waals surface area contributed by atoms with E-state index in [2.05, 4.69) is 16.8 Å². The SMILES string of the molecule is CC.CC.CN1CCN(CC2CC2)C2(CCN(C(=O)N(C)C)CC2)C1. The Morgan fingerprint density at radius 3 is 2.04 bits per heavy atom. The number of nitrogens with zero attached hydrogens (tertiary/aromatic N) is 4. The molecule has 5 nitrogen and oxygen atoms in total. The summed E-state index contributed by atoms with van der Waals surface area (Å²) in [6.45, 7) is 14.7. The number of piperazine rings is 1. The molecule has 2 aliphatic heterocycles. The van der Waals surface area contributed by atoms with E-state index in [0.29, 0.717) is 5.54 Å². The van der Waals surface area contributed by atoms with E-state index in [1.807, 2.05) is 46.7 Å². The molecule has 0 radical (unpaired) electrons. The van der Waals surface area contributed by atoms with Crippen molar-refractivity contribution in [3.8, 4) is 0 Å². The summed E-state index contributed by atoms with van der Waals surface area (Å²) < 4.78 is 0. The van der Waals surface area contributed by atoms with Crippen molar-refractivity contribution in [2.75, 3.05) is 60.4 Å². The third kappa shape index (κ3) is 5.85. The van der Waals surface area contributed by atoms with E-state index in [0.717, 1.165) is 31.8 Å². The van der Waals surface area contributed by atoms with Crippen molar-refractivity contribution in [3.63, 3.8) is 0 Å². The van der Waals surface area contributed by atoms with Gasteiger partial charge in [0.25, 0.3) is 0 Å². The summed E-state index contributed by atoms with van der Waals surface area (Å²) in [6.07, 6.45) is 5.11. The maximum atomic E-state index is 12.1. The standard InChI is InChI=1S/C16H30N4O.2C2H6/c1-17(2)15(21)19-8-6-16(7-9-19)13-18(3)10-11-20(16)12-14-4-5-14;2*1-2/h14H,4-13H2,1-3H3;2*1-2H3. The van der Waals surface area contributed by atoms with Crippen molar-refractivity contribution < 1.29 is 4.79 Å². The van der Waals surface area contributed by atoms with Gasteiger partial charge in [-0.15, -0.1) is 0 Å². The van der Waals surface area contributed by atoms with Crippen molar-refractivity contribution in [2.24, 2.45) is 5.92 Å². The lowest BCUT2D eigenvalue weighted by molar-refractivity contribution is -0.0324. The van der Waals surface area contributed by atoms with Crippen LogP contribution < -0.4 is 0 Å². The molecule has 1 spiro atoms. The van der Waals surface area contributed by atoms with Crippen molar-refractivity contribution in [3.05, 3.63) is 0 Å². The van der Waals surface area contributed by atoms with Gasteiger partial charge in [0.15, 0.2) is 0 Å². The lowest BCUT2D eigenvalue weighted by atomic mass is 9.83. The van der Waals surface area contributed by atoms with Crippen molar-refractivity contribution in [2.45, 2.75) is 58.9 Å². The molecule has 0 aromatic carbocycles. The quantitative estimate of drug-likeness (QED) is 0.763. The van der Waals surface area contributed by atoms with Crippen LogP contribution in [0.2, 0.25) is 0 Å². The lowest BCUT2D eigenvalue weighted by Gasteiger charge is -2.54. The summed E-state index contributed by atoms with van der Waals surface area (Å²) in [7, 11) is 5.94. The van der Waals surface area contributed by atoms with Crippen LogP contribution in [0.3, 0.4) is 0 Å². The molecule has 3 rings (SSSR count). The van der Waals surface area contributed by atoms with Crippen LogP contribution in [0.1, 0.15) is 53.4 Å². The number of hydrogen-bond donors (Lipinski definition) is 0. The fourth-order valence-electron chi connectivity index (χ4n) is 3.98. The van der Waals surface area contributed by atoms with Crippen molar-refractivity contribution in [1.29, 1.82) is 0 Å². The van der Waals surface area contributed by atoms with Crippen LogP contribution in [-0.2, 0) is 0 Å². The predicted octanol–water partition coefficient (Wildman–Crippen LogP) is 3.21. The van der Waals surface area contributed by atoms with Gasteiger partial charge in [0, 0.05) is 58.9 Å². The molecule has 5 heteroatoms. The van der Waals surface area contributed by atoms with Gasteiger partial charge in [-0.05, 0) is 38.6 Å². The maximum Gasteiger partial charge on any atom is 0.319 e. The van der Waals surface area contributed by atoms with Gasteiger partial charge >= 0.3 is 6.03 Å². The Bertz CT molecular complexity index is 387. The molecule has 2 saturated heterocycles. The monoisotopic (exact) mass is 354 g/mol. The zero-order chi connectivity index (χ0) is 19.0. The summed E-state index contributed by atoms with van der Waals surface area (Å²) in [5.74, 6) is 0.951. The van der Waals surface area contributed by atoms with Crippen LogP contribution in [0.15, 0.2) is 0 Å². The Hall–Kier alpha value is -0.810. The molecule has 148 valence electrons. The minimum Gasteiger partial charge on any atom is -0.331 e. The molecular formula is C20H42N4O. The van der Waals surface area contributed by atoms with E-state index in [1.165, 1.54) is 39.0 Å². The Morgan fingerprint density at radius 1 is 1.00 bits per heavy atom. The van der Waals surface area contributed by atoms with E-state index < -0.39 is 0 Å². The molecule has 25 heavy (non-hydrogen) atoms. The Labute approximate surface area is 156 Å². The number of likely N-dealkylation sites (N-methyl/N-ethyl adjacent to an activating group) is 1. The second-order valence-corrected chi connectivity index (χ2v) is 7.52. The van der Waals surface area contributed by atoms with Crippen LogP contribution >= 0.6 is 0 Å². The summed E-state index contributed by atoms with van der Waals surface area (Å²) in [5, 5.41) is 0. The van der Waals surface area contributed by atoms with Crippen LogP contribution in [-0.4, -0.2) is 91.6 Å². The number of urea groups is 1. The maximum absolute atomic E-state index is 12.1. The molecule has 0 atom stereocenters. The predicted molar refractivity (Wildman–Crippen MR) is 107 cm³/mol. The van der Waals surface area contributed by atoms with Crippen LogP contribution in [0, 0.1) is 5.92 Å². The first kappa shape index (κ1) is 22.2. The van der Waals surface area contributed by atoms with Crippen LogP contribution in [0.5, 0.6) is 0 Å². The second kappa shape index (κ2) is 10.4. The summed E-state index contributed by atoms with van der Waals surface area (Å²) >= 11 is 0. The smallest absolute Gasteiger partial charge is 0.319 e. The Kier molecular flexibility index (Phi) is 9.22. The molecule has 0 unspecified atom stereocenters. The molecule has 0 aromatic rings. The van der Waals surface area contributed by atoms with Gasteiger partial charge in [0.2, 0.25) is 0 Å². The number of rotatable bonds is 2. The molecule has 0 N–H and O–H groups in total. The van der Waals surface area contributed by atoms with E-state index in [9.17, 15) is 4.79 Å². The fourth-order valence-corrected chi connectivity index (χ4v) is 3.98. The number of likely N-dealkylation sites (tertiary alicyclic amines) is 1. The van der Waals surface area contributed by atoms with Gasteiger partial charge in [0.1, 0.15) is 0 Å². The van der Waals surface area contributed by atoms with Crippen molar-refractivity contribution >= 4 is 6.03 Å². The average molecular weight is 355 g/mol. The average Bonchev–Trinajstić information content (AvgIpc) is 3.45. The molecule has 0 aromatic heterocycles. The van der Waals surface area contributed by atoms with E-state index in [-0.39, 0.29) is 6.03 Å². The zero-order valence-corrected chi connectivity index (χ0v) is 17.8. The number of hydrogen-bond acceptors (Lipinski definition) is 3. The summed E-state index contributed by atoms with van der Waals surface area (Å²) in [6, 6.07) is 0.169. The molecule has 3 fully saturated rings. The van der Waals surface area contributed by atoms with Gasteiger partial charge in [0.05, 0.1) is 0 Å². The molecule has 1 saturated carbocycles. The first-order chi connectivity index (χ1) is 12.0. The normalized spacial score (nSPS) is 23.2. The molecular weight excluding hydrogens is 312 g/mol. The molecule has 1 aliphatic carbocycles. The Morgan fingerprint density at radius 2 is 1.56 bits per heavy atom. The number of piperidine rings is 1. The highest BCUT2D eigenvalue weighted by Gasteiger charge is 2.45. The fraction of sp³-hybridized carbons (Fsp3) is 0.950. The van der Waals surface area contributed by atoms with E-state index in [1.54, 1.807) is 4.90 Å². The summed E-state index contributed by atoms with van der Waals surface area (Å²) in [5.41, 5.74) is 0.318. The highest BCUT2D eigenvalue weighted by atomic mass is 16.2. The van der Waals surface area contributed by atoms with Gasteiger partial charge in [-0.25, -0.2) is 4.79 Å². The van der Waals surface area contributed by atoms with E-state index in [4.69, 9.17) is 0 Å². The highest BCUT2D eigenvalue weighted by molar-refractivity contribution is 5.73. The highest BCUT2D eigenvalue weighted by Crippen LogP contribution is 2.37. The second-order valence-electron chi connectivity index (χ2n) is 7.52. The third-order valence-corrected chi connectivity index (χ3v) is 5.51. The van der Waals surface area contributed by atoms with Gasteiger partial charge < -0.3 is 14.7 Å². The number of carbonyl (C=O) groups excluding carboxylic acids is 1. The van der Waals surface area contributed by atoms with Crippen LogP contribution in [0.4, 0.5) is 4.79 Å². The number of carbonyl (C=O) groups is 1. The molecule has 3 aliphatic rings. The first-order valence-corrected chi connectivity index (χ1v) is 10.4. The first-order valence-electron chi connectivity index (χ1n) is 10.4. The molecule has 2 amide bonds. The van der Waals surface area contributed by atoms with E-state index >= 15 is 0 Å². The molecule has 0 bridgehead atoms. The lowest BCUT2D eigenvalue weighted by Crippen LogP contribution is -2.65. The minimum atomic E-state index is 0.169. The van der Waals surface area contributed by atoms with Gasteiger partial charge in [-0.1, -0.05) is 27.7 Å². The topological polar surface area (TPSA) is 30.0 Å². The zero-order valence-electron chi connectivity index (χ0n) is 17.8. The minimum absolute atomic E-state index is 0.169. The largest absolute Gasteiger partial charge is 0.331 e. The third-order valence-electron chi connectivity index (χ3n) is 5.51. The van der Waals surface area contributed by atoms with Crippen LogP contribution in [0.25, 0.3) is 0 Å².